The van der Waals surface area contributed by atoms with Gasteiger partial charge in [-0.25, -0.2) is 4.98 Å². The number of aliphatic hydroxyl groups is 1. The molecule has 0 aliphatic heterocycles. The molecule has 1 unspecified atom stereocenters. The molecule has 0 saturated carbocycles. The summed E-state index contributed by atoms with van der Waals surface area (Å²) in [6.07, 6.45) is 2.26. The molecule has 3 rings (SSSR count). The Bertz CT molecular complexity index is 846. The minimum atomic E-state index is -0.827. The molecule has 25 heavy (non-hydrogen) atoms. The lowest BCUT2D eigenvalue weighted by molar-refractivity contribution is 0.0909. The number of carbonyl (C=O) groups excluding carboxylic acids is 1. The lowest BCUT2D eigenvalue weighted by Crippen LogP contribution is -2.29. The Kier molecular flexibility index (Phi) is 5.11. The van der Waals surface area contributed by atoms with Crippen LogP contribution in [-0.4, -0.2) is 34.2 Å². The Balaban J connectivity index is 1.68. The SMILES string of the molecule is COc1cccc(C(O)CNC(=O)c2cncn2-c2ccccc2)c1. The Morgan fingerprint density at radius 1 is 1.24 bits per heavy atom. The van der Waals surface area contributed by atoms with Crippen molar-refractivity contribution < 1.29 is 14.6 Å². The maximum atomic E-state index is 12.5. The molecule has 128 valence electrons. The Hall–Kier alpha value is -3.12. The fraction of sp³-hybridized carbons (Fsp3) is 0.158. The molecule has 1 atom stereocenters. The van der Waals surface area contributed by atoms with Crippen LogP contribution in [0.2, 0.25) is 0 Å². The van der Waals surface area contributed by atoms with Crippen LogP contribution in [-0.2, 0) is 0 Å². The van der Waals surface area contributed by atoms with Crippen molar-refractivity contribution in [1.82, 2.24) is 14.9 Å². The van der Waals surface area contributed by atoms with Gasteiger partial charge in [-0.05, 0) is 29.8 Å². The van der Waals surface area contributed by atoms with E-state index in [4.69, 9.17) is 4.74 Å². The molecule has 0 saturated heterocycles. The first-order chi connectivity index (χ1) is 12.2. The van der Waals surface area contributed by atoms with Crippen molar-refractivity contribution in [3.05, 3.63) is 78.4 Å². The summed E-state index contributed by atoms with van der Waals surface area (Å²) in [5.74, 6) is 0.355. The van der Waals surface area contributed by atoms with E-state index >= 15 is 0 Å². The Morgan fingerprint density at radius 3 is 2.80 bits per heavy atom. The van der Waals surface area contributed by atoms with E-state index in [0.29, 0.717) is 17.0 Å². The topological polar surface area (TPSA) is 76.4 Å². The number of nitrogens with zero attached hydrogens (tertiary/aromatic N) is 2. The second-order valence-corrected chi connectivity index (χ2v) is 5.49. The quantitative estimate of drug-likeness (QED) is 0.724. The van der Waals surface area contributed by atoms with E-state index in [-0.39, 0.29) is 12.5 Å². The summed E-state index contributed by atoms with van der Waals surface area (Å²) in [5.41, 5.74) is 1.93. The third-order valence-electron chi connectivity index (χ3n) is 3.84. The summed E-state index contributed by atoms with van der Waals surface area (Å²) < 4.78 is 6.85. The van der Waals surface area contributed by atoms with Crippen LogP contribution in [0.25, 0.3) is 5.69 Å². The molecule has 6 nitrogen and oxygen atoms in total. The Morgan fingerprint density at radius 2 is 2.04 bits per heavy atom. The number of aliphatic hydroxyl groups excluding tert-OH is 1. The van der Waals surface area contributed by atoms with Crippen LogP contribution < -0.4 is 10.1 Å². The summed E-state index contributed by atoms with van der Waals surface area (Å²) in [6, 6.07) is 16.6. The first-order valence-corrected chi connectivity index (χ1v) is 7.87. The maximum Gasteiger partial charge on any atom is 0.270 e. The molecule has 2 aromatic carbocycles. The van der Waals surface area contributed by atoms with E-state index in [1.165, 1.54) is 6.20 Å². The number of benzene rings is 2. The number of imidazole rings is 1. The van der Waals surface area contributed by atoms with Gasteiger partial charge in [-0.1, -0.05) is 30.3 Å². The van der Waals surface area contributed by atoms with Gasteiger partial charge in [0.25, 0.3) is 5.91 Å². The molecule has 0 fully saturated rings. The van der Waals surface area contributed by atoms with Crippen LogP contribution in [0.3, 0.4) is 0 Å². The zero-order valence-corrected chi connectivity index (χ0v) is 13.8. The van der Waals surface area contributed by atoms with Gasteiger partial charge in [-0.15, -0.1) is 0 Å². The number of rotatable bonds is 6. The third-order valence-corrected chi connectivity index (χ3v) is 3.84. The zero-order chi connectivity index (χ0) is 17.6. The van der Waals surface area contributed by atoms with E-state index in [1.807, 2.05) is 30.3 Å². The van der Waals surface area contributed by atoms with Crippen molar-refractivity contribution in [3.8, 4) is 11.4 Å². The lowest BCUT2D eigenvalue weighted by Gasteiger charge is -2.14. The number of hydrogen-bond acceptors (Lipinski definition) is 4. The number of hydrogen-bond donors (Lipinski definition) is 2. The van der Waals surface area contributed by atoms with Crippen molar-refractivity contribution in [2.75, 3.05) is 13.7 Å². The normalized spacial score (nSPS) is 11.8. The molecule has 1 aromatic heterocycles. The van der Waals surface area contributed by atoms with Crippen LogP contribution in [0.5, 0.6) is 5.75 Å². The summed E-state index contributed by atoms with van der Waals surface area (Å²) in [7, 11) is 1.57. The van der Waals surface area contributed by atoms with Crippen LogP contribution in [0.4, 0.5) is 0 Å². The number of carbonyl (C=O) groups is 1. The molecule has 0 aliphatic rings. The first-order valence-electron chi connectivity index (χ1n) is 7.87. The van der Waals surface area contributed by atoms with Crippen molar-refractivity contribution in [3.63, 3.8) is 0 Å². The van der Waals surface area contributed by atoms with Crippen molar-refractivity contribution in [2.45, 2.75) is 6.10 Å². The molecule has 6 heteroatoms. The van der Waals surface area contributed by atoms with Crippen molar-refractivity contribution >= 4 is 5.91 Å². The zero-order valence-electron chi connectivity index (χ0n) is 13.8. The van der Waals surface area contributed by atoms with Crippen LogP contribution >= 0.6 is 0 Å². The number of nitrogens with one attached hydrogen (secondary N) is 1. The number of ether oxygens (including phenoxy) is 1. The molecule has 1 amide bonds. The highest BCUT2D eigenvalue weighted by atomic mass is 16.5. The van der Waals surface area contributed by atoms with Gasteiger partial charge >= 0.3 is 0 Å². The highest BCUT2D eigenvalue weighted by molar-refractivity contribution is 5.93. The number of methoxy groups -OCH3 is 1. The number of aromatic nitrogens is 2. The van der Waals surface area contributed by atoms with Gasteiger partial charge in [0.2, 0.25) is 0 Å². The molecule has 0 bridgehead atoms. The second kappa shape index (κ2) is 7.63. The average Bonchev–Trinajstić information content (AvgIpc) is 3.16. The van der Waals surface area contributed by atoms with Gasteiger partial charge in [0.1, 0.15) is 11.4 Å². The number of para-hydroxylation sites is 1. The highest BCUT2D eigenvalue weighted by Gasteiger charge is 2.15. The van der Waals surface area contributed by atoms with Crippen molar-refractivity contribution in [2.24, 2.45) is 0 Å². The fourth-order valence-corrected chi connectivity index (χ4v) is 2.50. The van der Waals surface area contributed by atoms with Crippen LogP contribution in [0.15, 0.2) is 67.1 Å². The van der Waals surface area contributed by atoms with E-state index in [2.05, 4.69) is 10.3 Å². The van der Waals surface area contributed by atoms with Crippen molar-refractivity contribution in [1.29, 1.82) is 0 Å². The Labute approximate surface area is 145 Å². The molecule has 0 aliphatic carbocycles. The fourth-order valence-electron chi connectivity index (χ4n) is 2.50. The number of amides is 1. The van der Waals surface area contributed by atoms with Gasteiger partial charge in [0.15, 0.2) is 0 Å². The van der Waals surface area contributed by atoms with Gasteiger partial charge in [0.05, 0.1) is 25.7 Å². The molecule has 1 heterocycles. The standard InChI is InChI=1S/C19H19N3O3/c1-25-16-9-5-6-14(10-16)18(23)12-21-19(24)17-11-20-13-22(17)15-7-3-2-4-8-15/h2-11,13,18,23H,12H2,1H3,(H,21,24). The summed E-state index contributed by atoms with van der Waals surface area (Å²) in [5, 5.41) is 13.0. The predicted molar refractivity (Wildman–Crippen MR) is 93.9 cm³/mol. The van der Waals surface area contributed by atoms with Crippen LogP contribution in [0, 0.1) is 0 Å². The van der Waals surface area contributed by atoms with E-state index in [9.17, 15) is 9.90 Å². The molecule has 3 aromatic rings. The molecule has 0 spiro atoms. The predicted octanol–water partition coefficient (Wildman–Crippen LogP) is 2.34. The highest BCUT2D eigenvalue weighted by Crippen LogP contribution is 2.18. The minimum absolute atomic E-state index is 0.0893. The van der Waals surface area contributed by atoms with Gasteiger partial charge in [-0.3, -0.25) is 9.36 Å². The lowest BCUT2D eigenvalue weighted by atomic mass is 10.1. The molecular formula is C19H19N3O3. The maximum absolute atomic E-state index is 12.5. The van der Waals surface area contributed by atoms with Crippen LogP contribution in [0.1, 0.15) is 22.2 Å². The van der Waals surface area contributed by atoms with Gasteiger partial charge < -0.3 is 15.2 Å². The smallest absolute Gasteiger partial charge is 0.270 e. The third kappa shape index (κ3) is 3.87. The summed E-state index contributed by atoms with van der Waals surface area (Å²) in [4.78, 5) is 16.5. The molecule has 2 N–H and O–H groups in total. The second-order valence-electron chi connectivity index (χ2n) is 5.49. The first kappa shape index (κ1) is 16.7. The summed E-state index contributed by atoms with van der Waals surface area (Å²) in [6.45, 7) is 0.0893. The molecular weight excluding hydrogens is 318 g/mol. The van der Waals surface area contributed by atoms with E-state index < -0.39 is 6.10 Å². The van der Waals surface area contributed by atoms with E-state index in [0.717, 1.165) is 5.69 Å². The van der Waals surface area contributed by atoms with E-state index in [1.54, 1.807) is 42.3 Å². The summed E-state index contributed by atoms with van der Waals surface area (Å²) >= 11 is 0. The van der Waals surface area contributed by atoms with Gasteiger partial charge in [0, 0.05) is 12.2 Å². The minimum Gasteiger partial charge on any atom is -0.497 e. The monoisotopic (exact) mass is 337 g/mol. The average molecular weight is 337 g/mol. The van der Waals surface area contributed by atoms with Gasteiger partial charge in [-0.2, -0.15) is 0 Å². The largest absolute Gasteiger partial charge is 0.497 e. The molecule has 0 radical (unpaired) electrons.